The van der Waals surface area contributed by atoms with Crippen molar-refractivity contribution >= 4 is 43.5 Å². The van der Waals surface area contributed by atoms with E-state index in [1.807, 2.05) is 48.5 Å². The molecule has 4 nitrogen and oxygen atoms in total. The van der Waals surface area contributed by atoms with Gasteiger partial charge in [0.2, 0.25) is 0 Å². The van der Waals surface area contributed by atoms with Crippen LogP contribution in [0.1, 0.15) is 34.1 Å². The second-order valence-electron chi connectivity index (χ2n) is 5.95. The second-order valence-corrected chi connectivity index (χ2v) is 7.78. The average molecular weight is 474 g/mol. The van der Waals surface area contributed by atoms with Crippen LogP contribution in [0.2, 0.25) is 0 Å². The van der Waals surface area contributed by atoms with E-state index in [4.69, 9.17) is 4.42 Å². The van der Waals surface area contributed by atoms with Crippen molar-refractivity contribution in [3.63, 3.8) is 0 Å². The maximum absolute atomic E-state index is 13.0. The van der Waals surface area contributed by atoms with Crippen molar-refractivity contribution in [1.82, 2.24) is 5.01 Å². The summed E-state index contributed by atoms with van der Waals surface area (Å²) < 4.78 is 7.51. The molecule has 1 atom stereocenters. The zero-order valence-corrected chi connectivity index (χ0v) is 16.8. The van der Waals surface area contributed by atoms with E-state index in [1.54, 1.807) is 18.4 Å². The average Bonchev–Trinajstić information content (AvgIpc) is 3.32. The predicted octanol–water partition coefficient (Wildman–Crippen LogP) is 5.80. The van der Waals surface area contributed by atoms with Gasteiger partial charge in [0.05, 0.1) is 12.0 Å². The van der Waals surface area contributed by atoms with E-state index in [2.05, 4.69) is 37.0 Å². The fraction of sp³-hybridized carbons (Fsp3) is 0.100. The summed E-state index contributed by atoms with van der Waals surface area (Å²) in [7, 11) is 0. The van der Waals surface area contributed by atoms with E-state index in [1.165, 1.54) is 5.01 Å². The van der Waals surface area contributed by atoms with Gasteiger partial charge < -0.3 is 4.42 Å². The van der Waals surface area contributed by atoms with Gasteiger partial charge in [-0.1, -0.05) is 44.0 Å². The number of carbonyl (C=O) groups excluding carboxylic acids is 1. The number of benzene rings is 2. The molecule has 1 aliphatic rings. The Morgan fingerprint density at radius 2 is 1.65 bits per heavy atom. The van der Waals surface area contributed by atoms with Gasteiger partial charge >= 0.3 is 0 Å². The lowest BCUT2D eigenvalue weighted by molar-refractivity contribution is 0.0693. The lowest BCUT2D eigenvalue weighted by Crippen LogP contribution is -2.26. The van der Waals surface area contributed by atoms with E-state index < -0.39 is 0 Å². The van der Waals surface area contributed by atoms with Crippen LogP contribution in [0, 0.1) is 0 Å². The molecule has 0 N–H and O–H groups in total. The van der Waals surface area contributed by atoms with Crippen molar-refractivity contribution in [2.24, 2.45) is 5.10 Å². The first-order chi connectivity index (χ1) is 12.6. The van der Waals surface area contributed by atoms with Crippen LogP contribution in [0.3, 0.4) is 0 Å². The third-order valence-corrected chi connectivity index (χ3v) is 5.32. The van der Waals surface area contributed by atoms with E-state index in [0.717, 1.165) is 26.0 Å². The van der Waals surface area contributed by atoms with Gasteiger partial charge in [0.1, 0.15) is 11.8 Å². The van der Waals surface area contributed by atoms with Gasteiger partial charge in [-0.15, -0.1) is 0 Å². The van der Waals surface area contributed by atoms with Crippen LogP contribution < -0.4 is 0 Å². The summed E-state index contributed by atoms with van der Waals surface area (Å²) in [5, 5.41) is 6.16. The van der Waals surface area contributed by atoms with Crippen LogP contribution in [-0.2, 0) is 0 Å². The molecule has 130 valence electrons. The number of hydrogen-bond acceptors (Lipinski definition) is 3. The molecule has 1 aliphatic heterocycles. The number of furan rings is 1. The molecular formula is C20H14Br2N2O2. The van der Waals surface area contributed by atoms with Gasteiger partial charge in [-0.25, -0.2) is 5.01 Å². The van der Waals surface area contributed by atoms with Gasteiger partial charge in [0.15, 0.2) is 0 Å². The van der Waals surface area contributed by atoms with E-state index in [-0.39, 0.29) is 11.9 Å². The molecular weight excluding hydrogens is 460 g/mol. The topological polar surface area (TPSA) is 45.8 Å². The fourth-order valence-corrected chi connectivity index (χ4v) is 3.47. The first kappa shape index (κ1) is 17.2. The zero-order chi connectivity index (χ0) is 18.1. The maximum Gasteiger partial charge on any atom is 0.274 e. The van der Waals surface area contributed by atoms with E-state index in [9.17, 15) is 4.79 Å². The molecule has 1 aromatic heterocycles. The summed E-state index contributed by atoms with van der Waals surface area (Å²) in [5.74, 6) is 0.581. The van der Waals surface area contributed by atoms with Gasteiger partial charge in [-0.05, 0) is 54.1 Å². The summed E-state index contributed by atoms with van der Waals surface area (Å²) in [6, 6.07) is 18.7. The molecule has 2 heterocycles. The van der Waals surface area contributed by atoms with Gasteiger partial charge in [0, 0.05) is 20.9 Å². The van der Waals surface area contributed by atoms with E-state index in [0.29, 0.717) is 12.0 Å². The molecule has 0 saturated heterocycles. The van der Waals surface area contributed by atoms with Crippen molar-refractivity contribution in [3.05, 3.63) is 92.8 Å². The summed E-state index contributed by atoms with van der Waals surface area (Å²) in [5.41, 5.74) is 2.45. The largest absolute Gasteiger partial charge is 0.467 e. The summed E-state index contributed by atoms with van der Waals surface area (Å²) in [6.07, 6.45) is 2.23. The predicted molar refractivity (Wildman–Crippen MR) is 107 cm³/mol. The number of carbonyl (C=O) groups is 1. The smallest absolute Gasteiger partial charge is 0.274 e. The monoisotopic (exact) mass is 472 g/mol. The van der Waals surface area contributed by atoms with Gasteiger partial charge in [-0.2, -0.15) is 5.10 Å². The molecule has 4 rings (SSSR count). The van der Waals surface area contributed by atoms with Crippen molar-refractivity contribution in [2.45, 2.75) is 12.5 Å². The highest BCUT2D eigenvalue weighted by Crippen LogP contribution is 2.34. The van der Waals surface area contributed by atoms with Crippen molar-refractivity contribution < 1.29 is 9.21 Å². The third-order valence-electron chi connectivity index (χ3n) is 4.26. The first-order valence-electron chi connectivity index (χ1n) is 8.08. The number of hydrazone groups is 1. The lowest BCUT2D eigenvalue weighted by atomic mass is 10.0. The van der Waals surface area contributed by atoms with Gasteiger partial charge in [-0.3, -0.25) is 4.79 Å². The Balaban J connectivity index is 1.70. The highest BCUT2D eigenvalue weighted by atomic mass is 79.9. The lowest BCUT2D eigenvalue weighted by Gasteiger charge is -2.19. The number of nitrogens with zero attached hydrogens (tertiary/aromatic N) is 2. The Hall–Kier alpha value is -2.18. The Labute approximate surface area is 167 Å². The highest BCUT2D eigenvalue weighted by Gasteiger charge is 2.35. The number of halogens is 2. The number of rotatable bonds is 3. The van der Waals surface area contributed by atoms with Crippen molar-refractivity contribution in [3.8, 4) is 0 Å². The molecule has 0 radical (unpaired) electrons. The molecule has 0 bridgehead atoms. The van der Waals surface area contributed by atoms with Crippen LogP contribution >= 0.6 is 31.9 Å². The van der Waals surface area contributed by atoms with Crippen LogP contribution in [0.15, 0.2) is 85.4 Å². The molecule has 0 saturated carbocycles. The Bertz CT molecular complexity index is 948. The van der Waals surface area contributed by atoms with Crippen LogP contribution in [-0.4, -0.2) is 16.6 Å². The fourth-order valence-electron chi connectivity index (χ4n) is 2.94. The highest BCUT2D eigenvalue weighted by molar-refractivity contribution is 9.10. The van der Waals surface area contributed by atoms with Gasteiger partial charge in [0.25, 0.3) is 5.91 Å². The minimum atomic E-state index is -0.250. The van der Waals surface area contributed by atoms with Crippen LogP contribution in [0.25, 0.3) is 0 Å². The minimum Gasteiger partial charge on any atom is -0.467 e. The number of hydrogen-bond donors (Lipinski definition) is 0. The van der Waals surface area contributed by atoms with Crippen molar-refractivity contribution in [1.29, 1.82) is 0 Å². The maximum atomic E-state index is 13.0. The zero-order valence-electron chi connectivity index (χ0n) is 13.6. The summed E-state index contributed by atoms with van der Waals surface area (Å²) >= 11 is 6.84. The molecule has 2 aromatic carbocycles. The molecule has 26 heavy (non-hydrogen) atoms. The molecule has 0 aliphatic carbocycles. The standard InChI is InChI=1S/C20H14Br2N2O2/c21-15-7-3-13(4-8-15)17-12-18(19-2-1-11-26-19)24(23-17)20(25)14-5-9-16(22)10-6-14/h1-11,18H,12H2. The molecule has 0 spiro atoms. The Morgan fingerprint density at radius 3 is 2.27 bits per heavy atom. The van der Waals surface area contributed by atoms with Crippen LogP contribution in [0.4, 0.5) is 0 Å². The molecule has 1 unspecified atom stereocenters. The summed E-state index contributed by atoms with van der Waals surface area (Å²) in [4.78, 5) is 13.0. The van der Waals surface area contributed by atoms with Crippen molar-refractivity contribution in [2.75, 3.05) is 0 Å². The quantitative estimate of drug-likeness (QED) is 0.482. The molecule has 3 aromatic rings. The second kappa shape index (κ2) is 7.21. The first-order valence-corrected chi connectivity index (χ1v) is 9.66. The minimum absolute atomic E-state index is 0.147. The Morgan fingerprint density at radius 1 is 1.00 bits per heavy atom. The molecule has 0 fully saturated rings. The number of amides is 1. The third kappa shape index (κ3) is 3.39. The normalized spacial score (nSPS) is 16.6. The molecule has 6 heteroatoms. The Kier molecular flexibility index (Phi) is 4.78. The molecule has 1 amide bonds. The van der Waals surface area contributed by atoms with E-state index >= 15 is 0 Å². The SMILES string of the molecule is O=C(c1ccc(Br)cc1)N1N=C(c2ccc(Br)cc2)CC1c1ccco1. The van der Waals surface area contributed by atoms with Crippen LogP contribution in [0.5, 0.6) is 0 Å². The summed E-state index contributed by atoms with van der Waals surface area (Å²) in [6.45, 7) is 0.